The molecule has 0 bridgehead atoms. The van der Waals surface area contributed by atoms with Crippen LogP contribution in [0.3, 0.4) is 0 Å². The van der Waals surface area contributed by atoms with E-state index < -0.39 is 0 Å². The first kappa shape index (κ1) is 12.4. The van der Waals surface area contributed by atoms with Gasteiger partial charge in [-0.3, -0.25) is 15.1 Å². The van der Waals surface area contributed by atoms with Crippen molar-refractivity contribution < 1.29 is 4.79 Å². The van der Waals surface area contributed by atoms with E-state index >= 15 is 0 Å². The Kier molecular flexibility index (Phi) is 5.01. The van der Waals surface area contributed by atoms with Gasteiger partial charge in [0.2, 0.25) is 0 Å². The molecule has 3 N–H and O–H groups in total. The van der Waals surface area contributed by atoms with Crippen LogP contribution in [-0.4, -0.2) is 55.0 Å². The van der Waals surface area contributed by atoms with Gasteiger partial charge in [-0.2, -0.15) is 0 Å². The number of amides is 1. The second-order valence-corrected chi connectivity index (χ2v) is 4.15. The summed E-state index contributed by atoms with van der Waals surface area (Å²) in [5.41, 5.74) is 2.26. The molecule has 0 saturated carbocycles. The molecule has 1 saturated heterocycles. The van der Waals surface area contributed by atoms with Crippen molar-refractivity contribution in [3.63, 3.8) is 0 Å². The number of nitrogens with one attached hydrogen (secondary N) is 1. The second-order valence-electron chi connectivity index (χ2n) is 4.15. The van der Waals surface area contributed by atoms with E-state index in [1.165, 1.54) is 0 Å². The Hall–Kier alpha value is -0.650. The van der Waals surface area contributed by atoms with Gasteiger partial charge >= 0.3 is 0 Å². The van der Waals surface area contributed by atoms with Crippen molar-refractivity contribution in [2.24, 2.45) is 5.84 Å². The Labute approximate surface area is 91.6 Å². The molecule has 1 aliphatic rings. The summed E-state index contributed by atoms with van der Waals surface area (Å²) in [6.07, 6.45) is 1.89. The van der Waals surface area contributed by atoms with Crippen LogP contribution >= 0.6 is 0 Å². The van der Waals surface area contributed by atoms with E-state index in [0.717, 1.165) is 39.0 Å². The Balaban J connectivity index is 2.51. The number of carbonyl (C=O) groups excluding carboxylic acids is 1. The molecule has 1 fully saturated rings. The van der Waals surface area contributed by atoms with E-state index in [1.54, 1.807) is 0 Å². The average molecular weight is 214 g/mol. The number of hydrogen-bond acceptors (Lipinski definition) is 4. The zero-order valence-electron chi connectivity index (χ0n) is 9.70. The normalized spacial score (nSPS) is 21.3. The minimum Gasteiger partial charge on any atom is -0.304 e. The lowest BCUT2D eigenvalue weighted by molar-refractivity contribution is -0.127. The quantitative estimate of drug-likeness (QED) is 0.372. The van der Waals surface area contributed by atoms with E-state index in [-0.39, 0.29) is 11.9 Å². The number of piperazine rings is 1. The average Bonchev–Trinajstić information content (AvgIpc) is 2.26. The van der Waals surface area contributed by atoms with Crippen molar-refractivity contribution in [3.8, 4) is 0 Å². The summed E-state index contributed by atoms with van der Waals surface area (Å²) in [5, 5.41) is 0. The maximum Gasteiger partial charge on any atom is 0.251 e. The number of carbonyl (C=O) groups is 1. The highest BCUT2D eigenvalue weighted by Gasteiger charge is 2.26. The molecule has 1 rings (SSSR count). The molecule has 0 aliphatic carbocycles. The first-order chi connectivity index (χ1) is 7.19. The van der Waals surface area contributed by atoms with Crippen LogP contribution < -0.4 is 11.3 Å². The lowest BCUT2D eigenvalue weighted by Crippen LogP contribution is -2.55. The summed E-state index contributed by atoms with van der Waals surface area (Å²) in [6, 6.07) is -0.0475. The number of nitrogens with two attached hydrogens (primary N) is 1. The van der Waals surface area contributed by atoms with Crippen molar-refractivity contribution in [2.75, 3.05) is 33.2 Å². The van der Waals surface area contributed by atoms with Crippen LogP contribution in [0, 0.1) is 0 Å². The fourth-order valence-corrected chi connectivity index (χ4v) is 1.98. The minimum absolute atomic E-state index is 0.0475. The van der Waals surface area contributed by atoms with Crippen molar-refractivity contribution in [1.82, 2.24) is 15.2 Å². The van der Waals surface area contributed by atoms with E-state index in [9.17, 15) is 4.79 Å². The first-order valence-corrected chi connectivity index (χ1v) is 5.62. The minimum atomic E-state index is -0.0543. The van der Waals surface area contributed by atoms with Gasteiger partial charge in [0.25, 0.3) is 5.91 Å². The van der Waals surface area contributed by atoms with Gasteiger partial charge in [0.05, 0.1) is 6.04 Å². The highest BCUT2D eigenvalue weighted by Crippen LogP contribution is 2.10. The van der Waals surface area contributed by atoms with Crippen molar-refractivity contribution in [1.29, 1.82) is 0 Å². The molecule has 5 nitrogen and oxygen atoms in total. The first-order valence-electron chi connectivity index (χ1n) is 5.62. The van der Waals surface area contributed by atoms with E-state index in [0.29, 0.717) is 0 Å². The maximum absolute atomic E-state index is 11.6. The standard InChI is InChI=1S/C10H22N4O/c1-3-4-9(10(15)12-11)14-7-5-13(2)6-8-14/h9H,3-8,11H2,1-2H3,(H,12,15). The molecule has 1 amide bonds. The second kappa shape index (κ2) is 6.05. The Morgan fingerprint density at radius 2 is 2.00 bits per heavy atom. The molecule has 0 aromatic carbocycles. The van der Waals surface area contributed by atoms with Crippen LogP contribution in [-0.2, 0) is 4.79 Å². The summed E-state index contributed by atoms with van der Waals surface area (Å²) in [7, 11) is 2.11. The molecule has 1 unspecified atom stereocenters. The van der Waals surface area contributed by atoms with Gasteiger partial charge in [-0.1, -0.05) is 13.3 Å². The molecule has 5 heteroatoms. The number of rotatable bonds is 4. The van der Waals surface area contributed by atoms with Gasteiger partial charge in [0.15, 0.2) is 0 Å². The number of likely N-dealkylation sites (N-methyl/N-ethyl adjacent to an activating group) is 1. The van der Waals surface area contributed by atoms with Gasteiger partial charge in [-0.05, 0) is 13.5 Å². The summed E-state index contributed by atoms with van der Waals surface area (Å²) in [6.45, 7) is 6.05. The fourth-order valence-electron chi connectivity index (χ4n) is 1.98. The Bertz CT molecular complexity index is 202. The largest absolute Gasteiger partial charge is 0.304 e. The van der Waals surface area contributed by atoms with E-state index in [2.05, 4.69) is 29.2 Å². The van der Waals surface area contributed by atoms with Crippen molar-refractivity contribution in [2.45, 2.75) is 25.8 Å². The predicted molar refractivity (Wildman–Crippen MR) is 60.1 cm³/mol. The van der Waals surface area contributed by atoms with Crippen molar-refractivity contribution in [3.05, 3.63) is 0 Å². The lowest BCUT2D eigenvalue weighted by Gasteiger charge is -2.36. The van der Waals surface area contributed by atoms with Crippen LogP contribution in [0.1, 0.15) is 19.8 Å². The summed E-state index contributed by atoms with van der Waals surface area (Å²) >= 11 is 0. The molecule has 1 aliphatic heterocycles. The van der Waals surface area contributed by atoms with E-state index in [1.807, 2.05) is 0 Å². The number of hydrogen-bond donors (Lipinski definition) is 2. The van der Waals surface area contributed by atoms with Crippen molar-refractivity contribution >= 4 is 5.91 Å². The molecular weight excluding hydrogens is 192 g/mol. The third-order valence-electron chi connectivity index (χ3n) is 2.99. The van der Waals surface area contributed by atoms with Crippen LogP contribution in [0.15, 0.2) is 0 Å². The third-order valence-corrected chi connectivity index (χ3v) is 2.99. The summed E-state index contributed by atoms with van der Waals surface area (Å²) in [5.74, 6) is 5.15. The van der Waals surface area contributed by atoms with Crippen LogP contribution in [0.25, 0.3) is 0 Å². The number of hydrazine groups is 1. The molecule has 1 atom stereocenters. The zero-order valence-corrected chi connectivity index (χ0v) is 9.70. The zero-order chi connectivity index (χ0) is 11.3. The van der Waals surface area contributed by atoms with Gasteiger partial charge in [0.1, 0.15) is 0 Å². The SMILES string of the molecule is CCCC(C(=O)NN)N1CCN(C)CC1. The molecular formula is C10H22N4O. The molecule has 0 spiro atoms. The topological polar surface area (TPSA) is 61.6 Å². The predicted octanol–water partition coefficient (Wildman–Crippen LogP) is -0.608. The Morgan fingerprint density at radius 1 is 1.40 bits per heavy atom. The monoisotopic (exact) mass is 214 g/mol. The smallest absolute Gasteiger partial charge is 0.251 e. The molecule has 0 aromatic rings. The summed E-state index contributed by atoms with van der Waals surface area (Å²) in [4.78, 5) is 16.1. The van der Waals surface area contributed by atoms with Crippen LogP contribution in [0.5, 0.6) is 0 Å². The highest BCUT2D eigenvalue weighted by atomic mass is 16.2. The summed E-state index contributed by atoms with van der Waals surface area (Å²) < 4.78 is 0. The lowest BCUT2D eigenvalue weighted by atomic mass is 10.1. The van der Waals surface area contributed by atoms with Crippen LogP contribution in [0.4, 0.5) is 0 Å². The maximum atomic E-state index is 11.6. The third kappa shape index (κ3) is 3.44. The molecule has 0 radical (unpaired) electrons. The fraction of sp³-hybridized carbons (Fsp3) is 0.900. The molecule has 0 aromatic heterocycles. The molecule has 15 heavy (non-hydrogen) atoms. The van der Waals surface area contributed by atoms with Gasteiger partial charge in [0, 0.05) is 26.2 Å². The molecule has 88 valence electrons. The number of nitrogens with zero attached hydrogens (tertiary/aromatic N) is 2. The highest BCUT2D eigenvalue weighted by molar-refractivity contribution is 5.81. The molecule has 1 heterocycles. The Morgan fingerprint density at radius 3 is 2.47 bits per heavy atom. The van der Waals surface area contributed by atoms with Gasteiger partial charge < -0.3 is 4.90 Å². The van der Waals surface area contributed by atoms with Gasteiger partial charge in [-0.25, -0.2) is 5.84 Å². The van der Waals surface area contributed by atoms with Gasteiger partial charge in [-0.15, -0.1) is 0 Å². The van der Waals surface area contributed by atoms with Crippen LogP contribution in [0.2, 0.25) is 0 Å². The van der Waals surface area contributed by atoms with E-state index in [4.69, 9.17) is 5.84 Å².